The third-order valence-electron chi connectivity index (χ3n) is 3.20. The van der Waals surface area contributed by atoms with Crippen molar-refractivity contribution in [2.75, 3.05) is 0 Å². The zero-order valence-corrected chi connectivity index (χ0v) is 13.9. The number of rotatable bonds is 4. The van der Waals surface area contributed by atoms with Gasteiger partial charge in [-0.25, -0.2) is 9.67 Å². The maximum atomic E-state index is 9.44. The second-order valence-electron chi connectivity index (χ2n) is 4.81. The van der Waals surface area contributed by atoms with Gasteiger partial charge in [0.25, 0.3) is 0 Å². The van der Waals surface area contributed by atoms with Gasteiger partial charge in [0, 0.05) is 16.8 Å². The minimum atomic E-state index is 0.657. The summed E-state index contributed by atoms with van der Waals surface area (Å²) in [5, 5.41) is 16.0. The quantitative estimate of drug-likeness (QED) is 0.677. The summed E-state index contributed by atoms with van der Waals surface area (Å²) in [6.45, 7) is 3.86. The number of hydrogen-bond donors (Lipinski definition) is 0. The van der Waals surface area contributed by atoms with E-state index in [9.17, 15) is 5.26 Å². The average molecular weight is 326 g/mol. The van der Waals surface area contributed by atoms with E-state index >= 15 is 0 Å². The Hall–Kier alpha value is -2.10. The molecule has 0 saturated heterocycles. The van der Waals surface area contributed by atoms with Crippen LogP contribution in [-0.4, -0.2) is 14.8 Å². The van der Waals surface area contributed by atoms with Crippen molar-refractivity contribution >= 4 is 23.1 Å². The van der Waals surface area contributed by atoms with Crippen molar-refractivity contribution in [1.29, 1.82) is 5.26 Å². The van der Waals surface area contributed by atoms with E-state index in [-0.39, 0.29) is 0 Å². The summed E-state index contributed by atoms with van der Waals surface area (Å²) in [6.07, 6.45) is 0. The summed E-state index contributed by atoms with van der Waals surface area (Å²) >= 11 is 3.27. The van der Waals surface area contributed by atoms with Crippen LogP contribution in [0.4, 0.5) is 0 Å². The first-order valence-corrected chi connectivity index (χ1v) is 8.64. The van der Waals surface area contributed by atoms with Crippen molar-refractivity contribution in [3.05, 3.63) is 58.4 Å². The van der Waals surface area contributed by atoms with Crippen molar-refractivity contribution in [2.24, 2.45) is 0 Å². The number of para-hydroxylation sites is 1. The highest BCUT2D eigenvalue weighted by atomic mass is 32.2. The van der Waals surface area contributed by atoms with Gasteiger partial charge in [-0.1, -0.05) is 30.0 Å². The molecule has 110 valence electrons. The van der Waals surface area contributed by atoms with E-state index < -0.39 is 0 Å². The number of nitriles is 1. The molecule has 0 bridgehead atoms. The Kier molecular flexibility index (Phi) is 4.27. The largest absolute Gasteiger partial charge is 0.235 e. The molecule has 3 aromatic rings. The van der Waals surface area contributed by atoms with Crippen LogP contribution < -0.4 is 0 Å². The topological polar surface area (TPSA) is 54.5 Å². The van der Waals surface area contributed by atoms with Crippen LogP contribution in [-0.2, 0) is 5.75 Å². The second kappa shape index (κ2) is 6.34. The average Bonchev–Trinajstić information content (AvgIpc) is 3.09. The van der Waals surface area contributed by atoms with Gasteiger partial charge in [-0.15, -0.1) is 11.3 Å². The van der Waals surface area contributed by atoms with Crippen molar-refractivity contribution < 1.29 is 0 Å². The summed E-state index contributed by atoms with van der Waals surface area (Å²) in [5.74, 6) is 0.672. The number of thiazole rings is 1. The molecular formula is C16H14N4S2. The molecule has 0 radical (unpaired) electrons. The smallest absolute Gasteiger partial charge is 0.150 e. The molecule has 0 fully saturated rings. The maximum Gasteiger partial charge on any atom is 0.150 e. The lowest BCUT2D eigenvalue weighted by Crippen LogP contribution is -2.01. The first kappa shape index (κ1) is 14.8. The predicted molar refractivity (Wildman–Crippen MR) is 89.4 cm³/mol. The minimum Gasteiger partial charge on any atom is -0.235 e. The molecule has 0 spiro atoms. The molecule has 0 aliphatic rings. The number of aryl methyl sites for hydroxylation is 2. The molecule has 6 heteroatoms. The van der Waals surface area contributed by atoms with E-state index in [1.807, 2.05) is 54.2 Å². The second-order valence-corrected chi connectivity index (χ2v) is 6.89. The van der Waals surface area contributed by atoms with Gasteiger partial charge in [0.15, 0.2) is 0 Å². The van der Waals surface area contributed by atoms with Crippen LogP contribution >= 0.6 is 23.1 Å². The fraction of sp³-hybridized carbons (Fsp3) is 0.188. The van der Waals surface area contributed by atoms with E-state index in [0.29, 0.717) is 11.3 Å². The van der Waals surface area contributed by atoms with E-state index in [1.165, 1.54) is 0 Å². The molecule has 0 aliphatic heterocycles. The number of hydrogen-bond acceptors (Lipinski definition) is 5. The Morgan fingerprint density at radius 1 is 1.27 bits per heavy atom. The highest BCUT2D eigenvalue weighted by Gasteiger charge is 2.17. The standard InChI is InChI=1S/C16H14N4S2/c1-11-9-21-16(18-11)22-10-15-14(8-17)12(2)19-20(15)13-6-4-3-5-7-13/h3-7,9H,10H2,1-2H3. The van der Waals surface area contributed by atoms with Crippen LogP contribution in [0.25, 0.3) is 5.69 Å². The first-order valence-electron chi connectivity index (χ1n) is 6.78. The van der Waals surface area contributed by atoms with Crippen molar-refractivity contribution in [1.82, 2.24) is 14.8 Å². The van der Waals surface area contributed by atoms with Gasteiger partial charge in [0.1, 0.15) is 10.4 Å². The molecular weight excluding hydrogens is 312 g/mol. The molecule has 0 amide bonds. The van der Waals surface area contributed by atoms with Crippen LogP contribution in [0.5, 0.6) is 0 Å². The number of thioether (sulfide) groups is 1. The van der Waals surface area contributed by atoms with Gasteiger partial charge >= 0.3 is 0 Å². The summed E-state index contributed by atoms with van der Waals surface area (Å²) in [6, 6.07) is 12.2. The summed E-state index contributed by atoms with van der Waals surface area (Å²) in [7, 11) is 0. The predicted octanol–water partition coefficient (Wildman–Crippen LogP) is 4.11. The Balaban J connectivity index is 1.96. The van der Waals surface area contributed by atoms with Gasteiger partial charge in [-0.3, -0.25) is 0 Å². The Labute approximate surface area is 137 Å². The van der Waals surface area contributed by atoms with Crippen molar-refractivity contribution in [2.45, 2.75) is 23.9 Å². The van der Waals surface area contributed by atoms with Crippen molar-refractivity contribution in [3.63, 3.8) is 0 Å². The molecule has 0 saturated carbocycles. The van der Waals surface area contributed by atoms with E-state index in [4.69, 9.17) is 0 Å². The fourth-order valence-electron chi connectivity index (χ4n) is 2.17. The number of benzene rings is 1. The monoisotopic (exact) mass is 326 g/mol. The molecule has 0 unspecified atom stereocenters. The van der Waals surface area contributed by atoms with Crippen LogP contribution in [0.3, 0.4) is 0 Å². The molecule has 4 nitrogen and oxygen atoms in total. The normalized spacial score (nSPS) is 10.6. The lowest BCUT2D eigenvalue weighted by Gasteiger charge is -2.06. The Morgan fingerprint density at radius 3 is 2.68 bits per heavy atom. The third-order valence-corrected chi connectivity index (χ3v) is 5.35. The molecule has 0 aliphatic carbocycles. The zero-order chi connectivity index (χ0) is 15.5. The van der Waals surface area contributed by atoms with Crippen LogP contribution in [0.15, 0.2) is 40.1 Å². The highest BCUT2D eigenvalue weighted by Crippen LogP contribution is 2.29. The SMILES string of the molecule is Cc1csc(SCc2c(C#N)c(C)nn2-c2ccccc2)n1. The highest BCUT2D eigenvalue weighted by molar-refractivity contribution is 8.00. The Morgan fingerprint density at radius 2 is 2.05 bits per heavy atom. The van der Waals surface area contributed by atoms with Crippen LogP contribution in [0, 0.1) is 25.2 Å². The molecule has 0 atom stereocenters. The van der Waals surface area contributed by atoms with E-state index in [2.05, 4.69) is 16.2 Å². The third kappa shape index (κ3) is 2.91. The molecule has 0 N–H and O–H groups in total. The summed E-state index contributed by atoms with van der Waals surface area (Å²) < 4.78 is 2.88. The van der Waals surface area contributed by atoms with Crippen LogP contribution in [0.1, 0.15) is 22.6 Å². The molecule has 3 rings (SSSR count). The van der Waals surface area contributed by atoms with Gasteiger partial charge in [0.05, 0.1) is 22.6 Å². The maximum absolute atomic E-state index is 9.44. The fourth-order valence-corrected chi connectivity index (χ4v) is 4.01. The van der Waals surface area contributed by atoms with Crippen molar-refractivity contribution in [3.8, 4) is 11.8 Å². The zero-order valence-electron chi connectivity index (χ0n) is 12.3. The van der Waals surface area contributed by atoms with Gasteiger partial charge in [-0.2, -0.15) is 10.4 Å². The minimum absolute atomic E-state index is 0.657. The van der Waals surface area contributed by atoms with E-state index in [0.717, 1.165) is 27.1 Å². The number of nitrogens with zero attached hydrogens (tertiary/aromatic N) is 4. The molecule has 22 heavy (non-hydrogen) atoms. The number of aromatic nitrogens is 3. The van der Waals surface area contributed by atoms with Gasteiger partial charge in [0.2, 0.25) is 0 Å². The molecule has 2 heterocycles. The van der Waals surface area contributed by atoms with Gasteiger partial charge in [-0.05, 0) is 26.0 Å². The lowest BCUT2D eigenvalue weighted by atomic mass is 10.2. The van der Waals surface area contributed by atoms with E-state index in [1.54, 1.807) is 23.1 Å². The molecule has 2 aromatic heterocycles. The Bertz CT molecular complexity index is 828. The van der Waals surface area contributed by atoms with Crippen LogP contribution in [0.2, 0.25) is 0 Å². The summed E-state index contributed by atoms with van der Waals surface area (Å²) in [5.41, 5.74) is 4.34. The first-order chi connectivity index (χ1) is 10.7. The lowest BCUT2D eigenvalue weighted by molar-refractivity contribution is 0.828. The van der Waals surface area contributed by atoms with Gasteiger partial charge < -0.3 is 0 Å². The molecule has 1 aromatic carbocycles. The summed E-state index contributed by atoms with van der Waals surface area (Å²) in [4.78, 5) is 4.46.